The summed E-state index contributed by atoms with van der Waals surface area (Å²) in [5.41, 5.74) is 3.64. The van der Waals surface area contributed by atoms with E-state index >= 15 is 0 Å². The highest BCUT2D eigenvalue weighted by Crippen LogP contribution is 2.40. The van der Waals surface area contributed by atoms with E-state index in [0.717, 1.165) is 22.5 Å². The van der Waals surface area contributed by atoms with Crippen molar-refractivity contribution in [2.24, 2.45) is 7.05 Å². The first-order chi connectivity index (χ1) is 16.8. The number of anilines is 1. The molecule has 3 aromatic heterocycles. The Hall–Kier alpha value is -3.73. The van der Waals surface area contributed by atoms with Crippen molar-refractivity contribution in [3.8, 4) is 28.3 Å². The van der Waals surface area contributed by atoms with Gasteiger partial charge in [0.05, 0.1) is 23.1 Å². The smallest absolute Gasteiger partial charge is 0.170 e. The highest BCUT2D eigenvalue weighted by molar-refractivity contribution is 6.15. The third-order valence-electron chi connectivity index (χ3n) is 5.96. The number of ether oxygens (including phenoxy) is 2. The van der Waals surface area contributed by atoms with Gasteiger partial charge in [-0.05, 0) is 43.7 Å². The number of aromatic nitrogens is 6. The fourth-order valence-electron chi connectivity index (χ4n) is 4.43. The van der Waals surface area contributed by atoms with Crippen LogP contribution in [0, 0.1) is 5.82 Å². The van der Waals surface area contributed by atoms with Crippen LogP contribution >= 0.6 is 0 Å². The van der Waals surface area contributed by atoms with E-state index in [4.69, 9.17) is 17.3 Å². The molecule has 0 amide bonds. The maximum atomic E-state index is 14.5. The van der Waals surface area contributed by atoms with Gasteiger partial charge in [0.2, 0.25) is 0 Å². The minimum Gasteiger partial charge on any atom is -0.489 e. The Balaban J connectivity index is 1.80. The fourth-order valence-corrected chi connectivity index (χ4v) is 4.43. The number of nitrogens with zero attached hydrogens (tertiary/aromatic N) is 6. The molecule has 11 heteroatoms. The van der Waals surface area contributed by atoms with Crippen molar-refractivity contribution >= 4 is 13.7 Å². The van der Waals surface area contributed by atoms with E-state index in [1.54, 1.807) is 33.3 Å². The van der Waals surface area contributed by atoms with Crippen LogP contribution in [0.1, 0.15) is 30.7 Å². The molecule has 178 valence electrons. The van der Waals surface area contributed by atoms with Crippen LogP contribution < -0.4 is 10.1 Å². The molecule has 4 heterocycles. The zero-order valence-electron chi connectivity index (χ0n) is 20.0. The molecule has 1 atom stereocenters. The highest BCUT2D eigenvalue weighted by atomic mass is 19.1. The molecule has 0 saturated heterocycles. The summed E-state index contributed by atoms with van der Waals surface area (Å²) in [4.78, 5) is 6.09. The van der Waals surface area contributed by atoms with E-state index in [-0.39, 0.29) is 6.73 Å². The van der Waals surface area contributed by atoms with Crippen molar-refractivity contribution in [2.75, 3.05) is 19.2 Å². The van der Waals surface area contributed by atoms with E-state index in [1.807, 2.05) is 23.9 Å². The van der Waals surface area contributed by atoms with Gasteiger partial charge < -0.3 is 14.8 Å². The van der Waals surface area contributed by atoms with Crippen molar-refractivity contribution in [1.82, 2.24) is 29.8 Å². The first-order valence-electron chi connectivity index (χ1n) is 11.3. The molecular weight excluding hydrogens is 448 g/mol. The molecule has 0 fully saturated rings. The van der Waals surface area contributed by atoms with Gasteiger partial charge in [-0.1, -0.05) is 0 Å². The van der Waals surface area contributed by atoms with Crippen LogP contribution in [-0.2, 0) is 30.3 Å². The standard InChI is InChI=1S/C24H25BFN7O2/c1-5-33-22-14(12-29-33)8-19-21(31-32(3)30-19)17-7-6-16(26)10-18(17)24(2,25)35-20-9-15(22)11-27-23(20)28-13-34-4/h6-7,9-12H,5,8,13H2,1-4H3,(H,27,28)/t24-/m1/s1. The lowest BCUT2D eigenvalue weighted by Crippen LogP contribution is -2.31. The number of aryl methyl sites for hydroxylation is 2. The van der Waals surface area contributed by atoms with Crippen molar-refractivity contribution in [3.63, 3.8) is 0 Å². The Labute approximate surface area is 203 Å². The van der Waals surface area contributed by atoms with Gasteiger partial charge in [0.1, 0.15) is 26.1 Å². The maximum Gasteiger partial charge on any atom is 0.170 e. The summed E-state index contributed by atoms with van der Waals surface area (Å²) in [6.45, 7) is 4.59. The van der Waals surface area contributed by atoms with Gasteiger partial charge in [-0.25, -0.2) is 9.37 Å². The minimum atomic E-state index is -1.43. The van der Waals surface area contributed by atoms with Gasteiger partial charge in [-0.2, -0.15) is 20.1 Å². The third kappa shape index (κ3) is 4.16. The Morgan fingerprint density at radius 3 is 2.86 bits per heavy atom. The van der Waals surface area contributed by atoms with Gasteiger partial charge >= 0.3 is 0 Å². The average Bonchev–Trinajstić information content (AvgIpc) is 3.40. The lowest BCUT2D eigenvalue weighted by atomic mass is 9.74. The first kappa shape index (κ1) is 23.0. The lowest BCUT2D eigenvalue weighted by molar-refractivity contribution is 0.178. The summed E-state index contributed by atoms with van der Waals surface area (Å²) >= 11 is 0. The van der Waals surface area contributed by atoms with E-state index in [1.165, 1.54) is 16.9 Å². The van der Waals surface area contributed by atoms with Crippen LogP contribution in [0.5, 0.6) is 5.75 Å². The van der Waals surface area contributed by atoms with Crippen LogP contribution in [0.4, 0.5) is 10.2 Å². The normalized spacial score (nSPS) is 16.8. The summed E-state index contributed by atoms with van der Waals surface area (Å²) in [6, 6.07) is 6.28. The number of halogens is 1. The van der Waals surface area contributed by atoms with Crippen molar-refractivity contribution < 1.29 is 13.9 Å². The molecule has 0 unspecified atom stereocenters. The van der Waals surface area contributed by atoms with Gasteiger partial charge in [0.25, 0.3) is 0 Å². The Morgan fingerprint density at radius 2 is 2.09 bits per heavy atom. The average molecular weight is 473 g/mol. The quantitative estimate of drug-likeness (QED) is 0.360. The molecule has 0 aliphatic carbocycles. The van der Waals surface area contributed by atoms with Crippen LogP contribution in [0.2, 0.25) is 0 Å². The topological polar surface area (TPSA) is 91.9 Å². The van der Waals surface area contributed by atoms with Crippen molar-refractivity contribution in [1.29, 1.82) is 0 Å². The van der Waals surface area contributed by atoms with Crippen molar-refractivity contribution in [3.05, 3.63) is 59.3 Å². The Morgan fingerprint density at radius 1 is 1.26 bits per heavy atom. The largest absolute Gasteiger partial charge is 0.489 e. The van der Waals surface area contributed by atoms with Gasteiger partial charge in [0, 0.05) is 50.0 Å². The number of pyridine rings is 1. The number of hydrogen-bond acceptors (Lipinski definition) is 7. The second kappa shape index (κ2) is 8.81. The van der Waals surface area contributed by atoms with E-state index in [9.17, 15) is 4.39 Å². The monoisotopic (exact) mass is 473 g/mol. The summed E-state index contributed by atoms with van der Waals surface area (Å²) in [5.74, 6) is 0.416. The number of methoxy groups -OCH3 is 1. The van der Waals surface area contributed by atoms with Crippen LogP contribution in [0.15, 0.2) is 36.7 Å². The zero-order valence-corrected chi connectivity index (χ0v) is 20.0. The molecule has 0 spiro atoms. The van der Waals surface area contributed by atoms with Crippen LogP contribution in [0.25, 0.3) is 22.5 Å². The summed E-state index contributed by atoms with van der Waals surface area (Å²) in [7, 11) is 10.1. The molecule has 5 rings (SSSR count). The number of nitrogens with one attached hydrogen (secondary N) is 1. The number of benzene rings is 1. The molecule has 9 nitrogen and oxygen atoms in total. The van der Waals surface area contributed by atoms with E-state index < -0.39 is 11.3 Å². The maximum absolute atomic E-state index is 14.5. The Bertz CT molecular complexity index is 1400. The molecule has 35 heavy (non-hydrogen) atoms. The van der Waals surface area contributed by atoms with Crippen molar-refractivity contribution in [2.45, 2.75) is 32.3 Å². The molecule has 1 aromatic carbocycles. The summed E-state index contributed by atoms with van der Waals surface area (Å²) < 4.78 is 27.9. The van der Waals surface area contributed by atoms with E-state index in [0.29, 0.717) is 41.4 Å². The highest BCUT2D eigenvalue weighted by Gasteiger charge is 2.31. The number of fused-ring (bicyclic) bond motifs is 7. The Kier molecular flexibility index (Phi) is 5.80. The predicted molar refractivity (Wildman–Crippen MR) is 130 cm³/mol. The molecule has 1 aliphatic heterocycles. The number of hydrogen-bond donors (Lipinski definition) is 1. The predicted octanol–water partition coefficient (Wildman–Crippen LogP) is 3.24. The SMILES string of the molecule is [B][C@]1(C)Oc2cc(cnc2NCOC)-c2c(cnn2CC)Cc2nn(C)nc2-c2ccc(F)cc21. The zero-order chi connectivity index (χ0) is 24.7. The summed E-state index contributed by atoms with van der Waals surface area (Å²) in [6.07, 6.45) is 4.05. The van der Waals surface area contributed by atoms with Gasteiger partial charge in [-0.15, -0.1) is 0 Å². The molecule has 0 saturated carbocycles. The molecular formula is C24H25BFN7O2. The molecule has 2 radical (unpaired) electrons. The molecule has 2 bridgehead atoms. The fraction of sp³-hybridized carbons (Fsp3) is 0.333. The van der Waals surface area contributed by atoms with Crippen LogP contribution in [0.3, 0.4) is 0 Å². The first-order valence-corrected chi connectivity index (χ1v) is 11.3. The summed E-state index contributed by atoms with van der Waals surface area (Å²) in [5, 5.41) is 16.9. The second-order valence-electron chi connectivity index (χ2n) is 8.58. The van der Waals surface area contributed by atoms with Gasteiger partial charge in [-0.3, -0.25) is 4.68 Å². The second-order valence-corrected chi connectivity index (χ2v) is 8.58. The molecule has 1 N–H and O–H groups in total. The van der Waals surface area contributed by atoms with Crippen LogP contribution in [-0.4, -0.2) is 51.4 Å². The lowest BCUT2D eigenvalue weighted by Gasteiger charge is -2.31. The number of rotatable bonds is 4. The third-order valence-corrected chi connectivity index (χ3v) is 5.96. The van der Waals surface area contributed by atoms with Gasteiger partial charge in [0.15, 0.2) is 11.6 Å². The molecule has 1 aliphatic rings. The molecule has 4 aromatic rings. The minimum absolute atomic E-state index is 0.219. The van der Waals surface area contributed by atoms with E-state index in [2.05, 4.69) is 25.6 Å².